The molecule has 178 valence electrons. The van der Waals surface area contributed by atoms with Gasteiger partial charge in [-0.05, 0) is 60.7 Å². The van der Waals surface area contributed by atoms with Gasteiger partial charge in [-0.1, -0.05) is 59.6 Å². The van der Waals surface area contributed by atoms with Crippen molar-refractivity contribution < 1.29 is 13.5 Å². The number of sulfonamides is 1. The molecular weight excluding hydrogens is 503 g/mol. The highest BCUT2D eigenvalue weighted by molar-refractivity contribution is 7.92. The number of rotatable bonds is 7. The van der Waals surface area contributed by atoms with E-state index in [0.717, 1.165) is 21.8 Å². The Labute approximate surface area is 213 Å². The van der Waals surface area contributed by atoms with Gasteiger partial charge in [0.25, 0.3) is 10.0 Å². The molecule has 0 aliphatic carbocycles. The van der Waals surface area contributed by atoms with Gasteiger partial charge in [-0.15, -0.1) is 0 Å². The number of hydrogen-bond donors (Lipinski definition) is 1. The second-order valence-corrected chi connectivity index (χ2v) is 11.0. The Bertz CT molecular complexity index is 1540. The van der Waals surface area contributed by atoms with Gasteiger partial charge in [-0.25, -0.2) is 8.42 Å². The van der Waals surface area contributed by atoms with Crippen molar-refractivity contribution in [1.29, 1.82) is 0 Å². The van der Waals surface area contributed by atoms with E-state index in [0.29, 0.717) is 15.7 Å². The molecule has 0 aliphatic rings. The molecule has 0 unspecified atom stereocenters. The van der Waals surface area contributed by atoms with Gasteiger partial charge in [0, 0.05) is 31.9 Å². The third-order valence-corrected chi connectivity index (χ3v) is 8.28. The normalized spacial score (nSPS) is 12.8. The molecule has 4 aromatic carbocycles. The summed E-state index contributed by atoms with van der Waals surface area (Å²) in [7, 11) is -3.98. The summed E-state index contributed by atoms with van der Waals surface area (Å²) in [6.45, 7) is 0.0711. The summed E-state index contributed by atoms with van der Waals surface area (Å²) >= 11 is 12.0. The average molecular weight is 525 g/mol. The molecule has 5 nitrogen and oxygen atoms in total. The Morgan fingerprint density at radius 2 is 1.23 bits per heavy atom. The van der Waals surface area contributed by atoms with Crippen LogP contribution in [-0.2, 0) is 16.6 Å². The van der Waals surface area contributed by atoms with Crippen LogP contribution < -0.4 is 4.31 Å². The quantitative estimate of drug-likeness (QED) is 0.269. The largest absolute Gasteiger partial charge is 0.389 e. The second kappa shape index (κ2) is 9.55. The highest BCUT2D eigenvalue weighted by Gasteiger charge is 2.28. The van der Waals surface area contributed by atoms with Crippen LogP contribution in [0.3, 0.4) is 0 Å². The van der Waals surface area contributed by atoms with Gasteiger partial charge in [0.2, 0.25) is 0 Å². The van der Waals surface area contributed by atoms with E-state index in [9.17, 15) is 13.5 Å². The zero-order chi connectivity index (χ0) is 24.6. The number of anilines is 1. The fourth-order valence-corrected chi connectivity index (χ4v) is 6.10. The molecule has 5 rings (SSSR count). The number of halogens is 2. The lowest BCUT2D eigenvalue weighted by Crippen LogP contribution is -2.39. The molecule has 0 amide bonds. The highest BCUT2D eigenvalue weighted by atomic mass is 35.5. The summed E-state index contributed by atoms with van der Waals surface area (Å²) in [4.78, 5) is 0.0842. The first-order valence-electron chi connectivity index (χ1n) is 11.0. The van der Waals surface area contributed by atoms with Crippen LogP contribution in [0.1, 0.15) is 0 Å². The van der Waals surface area contributed by atoms with E-state index in [4.69, 9.17) is 23.2 Å². The fraction of sp³-hybridized carbons (Fsp3) is 0.111. The topological polar surface area (TPSA) is 62.5 Å². The van der Waals surface area contributed by atoms with E-state index in [-0.39, 0.29) is 18.0 Å². The zero-order valence-corrected chi connectivity index (χ0v) is 20.9. The van der Waals surface area contributed by atoms with E-state index in [1.54, 1.807) is 24.3 Å². The number of para-hydroxylation sites is 2. The summed E-state index contributed by atoms with van der Waals surface area (Å²) in [5, 5.41) is 14.3. The number of aromatic nitrogens is 1. The van der Waals surface area contributed by atoms with Crippen molar-refractivity contribution in [2.75, 3.05) is 10.8 Å². The Hall–Kier alpha value is -3.03. The molecule has 0 fully saturated rings. The number of benzene rings is 4. The number of hydrogen-bond acceptors (Lipinski definition) is 3. The molecular formula is C27H22Cl2N2O3S. The van der Waals surface area contributed by atoms with Gasteiger partial charge in [0.1, 0.15) is 0 Å². The SMILES string of the molecule is O=S(=O)(c1ccc(Cl)cc1)N(C[C@H](O)Cn1c2ccccc2c2ccccc21)c1ccc(Cl)cc1. The van der Waals surface area contributed by atoms with Gasteiger partial charge in [-0.2, -0.15) is 0 Å². The van der Waals surface area contributed by atoms with E-state index >= 15 is 0 Å². The van der Waals surface area contributed by atoms with E-state index in [1.165, 1.54) is 28.6 Å². The molecule has 35 heavy (non-hydrogen) atoms. The van der Waals surface area contributed by atoms with Crippen LogP contribution in [0, 0.1) is 0 Å². The maximum absolute atomic E-state index is 13.6. The summed E-state index contributed by atoms with van der Waals surface area (Å²) in [5.41, 5.74) is 2.36. The summed E-state index contributed by atoms with van der Waals surface area (Å²) in [5.74, 6) is 0. The Kier molecular flexibility index (Phi) is 6.47. The zero-order valence-electron chi connectivity index (χ0n) is 18.6. The Balaban J connectivity index is 1.53. The summed E-state index contributed by atoms with van der Waals surface area (Å²) < 4.78 is 30.5. The number of nitrogens with zero attached hydrogens (tertiary/aromatic N) is 2. The van der Waals surface area contributed by atoms with E-state index < -0.39 is 16.1 Å². The number of aliphatic hydroxyl groups excluding tert-OH is 1. The standard InChI is InChI=1S/C27H22Cl2N2O3S/c28-19-9-13-21(14-10-19)31(35(33,34)23-15-11-20(29)12-16-23)18-22(32)17-30-26-7-3-1-5-24(26)25-6-2-4-8-27(25)30/h1-16,22,32H,17-18H2/t22-/m1/s1. The summed E-state index contributed by atoms with van der Waals surface area (Å²) in [6, 6.07) is 28.5. The Morgan fingerprint density at radius 3 is 1.77 bits per heavy atom. The number of aliphatic hydroxyl groups is 1. The van der Waals surface area contributed by atoms with Crippen molar-refractivity contribution in [2.45, 2.75) is 17.5 Å². The lowest BCUT2D eigenvalue weighted by molar-refractivity contribution is 0.166. The van der Waals surface area contributed by atoms with Crippen molar-refractivity contribution in [3.63, 3.8) is 0 Å². The van der Waals surface area contributed by atoms with Gasteiger partial charge in [-0.3, -0.25) is 4.31 Å². The molecule has 8 heteroatoms. The van der Waals surface area contributed by atoms with Gasteiger partial charge in [0.15, 0.2) is 0 Å². The molecule has 1 aromatic heterocycles. The molecule has 0 aliphatic heterocycles. The third kappa shape index (κ3) is 4.62. The van der Waals surface area contributed by atoms with Crippen molar-refractivity contribution in [2.24, 2.45) is 0 Å². The molecule has 0 spiro atoms. The summed E-state index contributed by atoms with van der Waals surface area (Å²) in [6.07, 6.45) is -0.994. The monoisotopic (exact) mass is 524 g/mol. The molecule has 0 saturated heterocycles. The molecule has 1 N–H and O–H groups in total. The number of fused-ring (bicyclic) bond motifs is 3. The second-order valence-electron chi connectivity index (χ2n) is 8.27. The maximum Gasteiger partial charge on any atom is 0.264 e. The Morgan fingerprint density at radius 1 is 0.743 bits per heavy atom. The lowest BCUT2D eigenvalue weighted by atomic mass is 10.2. The smallest absolute Gasteiger partial charge is 0.264 e. The molecule has 0 radical (unpaired) electrons. The van der Waals surface area contributed by atoms with Crippen LogP contribution in [0.15, 0.2) is 102 Å². The van der Waals surface area contributed by atoms with Gasteiger partial charge < -0.3 is 9.67 Å². The van der Waals surface area contributed by atoms with Crippen LogP contribution in [0.25, 0.3) is 21.8 Å². The third-order valence-electron chi connectivity index (χ3n) is 5.97. The minimum Gasteiger partial charge on any atom is -0.389 e. The average Bonchev–Trinajstić information content (AvgIpc) is 3.17. The van der Waals surface area contributed by atoms with Gasteiger partial charge in [0.05, 0.1) is 29.8 Å². The van der Waals surface area contributed by atoms with Crippen LogP contribution in [0.2, 0.25) is 10.0 Å². The van der Waals surface area contributed by atoms with Crippen molar-refractivity contribution in [3.05, 3.63) is 107 Å². The van der Waals surface area contributed by atoms with Crippen LogP contribution in [0.5, 0.6) is 0 Å². The minimum atomic E-state index is -3.98. The first-order valence-corrected chi connectivity index (χ1v) is 13.2. The maximum atomic E-state index is 13.6. The van der Waals surface area contributed by atoms with Crippen molar-refractivity contribution in [3.8, 4) is 0 Å². The van der Waals surface area contributed by atoms with Crippen molar-refractivity contribution in [1.82, 2.24) is 4.57 Å². The lowest BCUT2D eigenvalue weighted by Gasteiger charge is -2.27. The molecule has 1 atom stereocenters. The first-order chi connectivity index (χ1) is 16.8. The predicted octanol–water partition coefficient (Wildman–Crippen LogP) is 6.36. The highest BCUT2D eigenvalue weighted by Crippen LogP contribution is 2.30. The first kappa shape index (κ1) is 23.7. The predicted molar refractivity (Wildman–Crippen MR) is 143 cm³/mol. The molecule has 0 saturated carbocycles. The molecule has 0 bridgehead atoms. The van der Waals surface area contributed by atoms with Crippen LogP contribution in [0.4, 0.5) is 5.69 Å². The van der Waals surface area contributed by atoms with Crippen LogP contribution >= 0.6 is 23.2 Å². The van der Waals surface area contributed by atoms with Crippen molar-refractivity contribution >= 4 is 60.7 Å². The van der Waals surface area contributed by atoms with E-state index in [2.05, 4.69) is 0 Å². The molecule has 5 aromatic rings. The minimum absolute atomic E-state index is 0.0842. The van der Waals surface area contributed by atoms with Crippen LogP contribution in [-0.4, -0.2) is 30.7 Å². The van der Waals surface area contributed by atoms with Gasteiger partial charge >= 0.3 is 0 Å². The van der Waals surface area contributed by atoms with E-state index in [1.807, 2.05) is 53.1 Å². The fourth-order valence-electron chi connectivity index (χ4n) is 4.34. The molecule has 1 heterocycles.